The highest BCUT2D eigenvalue weighted by molar-refractivity contribution is 4.93. The van der Waals surface area contributed by atoms with E-state index >= 15 is 0 Å². The lowest BCUT2D eigenvalue weighted by Crippen LogP contribution is -2.25. The van der Waals surface area contributed by atoms with Gasteiger partial charge in [-0.3, -0.25) is 0 Å². The first-order valence-electron chi connectivity index (χ1n) is 5.87. The Morgan fingerprint density at radius 3 is 2.19 bits per heavy atom. The first-order valence-corrected chi connectivity index (χ1v) is 5.87. The number of allylic oxidation sites excluding steroid dienone is 1. The number of rotatable bonds is 8. The topological polar surface area (TPSA) is 60.7 Å². The van der Waals surface area contributed by atoms with Crippen LogP contribution in [-0.4, -0.2) is 33.6 Å². The van der Waals surface area contributed by atoms with Gasteiger partial charge in [0, 0.05) is 0 Å². The Morgan fingerprint density at radius 2 is 1.81 bits per heavy atom. The molecule has 0 aliphatic carbocycles. The number of aliphatic hydroxyl groups is 3. The minimum absolute atomic E-state index is 0.173. The summed E-state index contributed by atoms with van der Waals surface area (Å²) in [5, 5.41) is 27.9. The van der Waals surface area contributed by atoms with Crippen molar-refractivity contribution in [1.82, 2.24) is 0 Å². The van der Waals surface area contributed by atoms with Crippen molar-refractivity contribution in [3.8, 4) is 0 Å². The van der Waals surface area contributed by atoms with Crippen molar-refractivity contribution < 1.29 is 15.3 Å². The van der Waals surface area contributed by atoms with Crippen LogP contribution >= 0.6 is 0 Å². The Kier molecular flexibility index (Phi) is 6.23. The fourth-order valence-electron chi connectivity index (χ4n) is 1.82. The fraction of sp³-hybridized carbons (Fsp3) is 0.846. The van der Waals surface area contributed by atoms with E-state index in [1.807, 2.05) is 13.0 Å². The van der Waals surface area contributed by atoms with Crippen molar-refractivity contribution in [1.29, 1.82) is 0 Å². The van der Waals surface area contributed by atoms with Crippen LogP contribution in [0.25, 0.3) is 0 Å². The van der Waals surface area contributed by atoms with Crippen LogP contribution in [0.5, 0.6) is 0 Å². The van der Waals surface area contributed by atoms with Gasteiger partial charge in [-0.25, -0.2) is 0 Å². The summed E-state index contributed by atoms with van der Waals surface area (Å²) in [6, 6.07) is 0. The zero-order valence-electron chi connectivity index (χ0n) is 10.7. The van der Waals surface area contributed by atoms with E-state index in [9.17, 15) is 10.2 Å². The number of hydrogen-bond donors (Lipinski definition) is 3. The molecular formula is C13H26O3. The summed E-state index contributed by atoms with van der Waals surface area (Å²) >= 11 is 0. The molecule has 96 valence electrons. The second-order valence-corrected chi connectivity index (χ2v) is 5.56. The first kappa shape index (κ1) is 15.6. The maximum absolute atomic E-state index is 9.60. The van der Waals surface area contributed by atoms with E-state index in [2.05, 4.69) is 6.58 Å². The summed E-state index contributed by atoms with van der Waals surface area (Å²) in [5.41, 5.74) is -0.814. The molecule has 3 N–H and O–H groups in total. The molecule has 0 aromatic rings. The Balaban J connectivity index is 4.12. The predicted molar refractivity (Wildman–Crippen MR) is 66.2 cm³/mol. The Bertz CT molecular complexity index is 208. The predicted octanol–water partition coefficient (Wildman–Crippen LogP) is 1.86. The van der Waals surface area contributed by atoms with Gasteiger partial charge in [-0.05, 0) is 44.9 Å². The van der Waals surface area contributed by atoms with Gasteiger partial charge >= 0.3 is 0 Å². The first-order chi connectivity index (χ1) is 7.22. The molecule has 0 unspecified atom stereocenters. The quantitative estimate of drug-likeness (QED) is 0.558. The van der Waals surface area contributed by atoms with Crippen LogP contribution in [0.2, 0.25) is 0 Å². The molecule has 0 saturated carbocycles. The zero-order chi connectivity index (χ0) is 12.8. The van der Waals surface area contributed by atoms with Crippen LogP contribution in [0.4, 0.5) is 0 Å². The van der Waals surface area contributed by atoms with Crippen molar-refractivity contribution in [2.75, 3.05) is 6.61 Å². The summed E-state index contributed by atoms with van der Waals surface area (Å²) in [6.45, 7) is 9.17. The molecule has 3 heteroatoms. The lowest BCUT2D eigenvalue weighted by Gasteiger charge is -2.29. The lowest BCUT2D eigenvalue weighted by molar-refractivity contribution is 0.0506. The summed E-state index contributed by atoms with van der Waals surface area (Å²) in [7, 11) is 0. The third-order valence-electron chi connectivity index (χ3n) is 2.94. The van der Waals surface area contributed by atoms with Crippen LogP contribution in [-0.2, 0) is 0 Å². The largest absolute Gasteiger partial charge is 0.394 e. The van der Waals surface area contributed by atoms with Gasteiger partial charge in [0.25, 0.3) is 0 Å². The maximum Gasteiger partial charge on any atom is 0.0779 e. The van der Waals surface area contributed by atoms with Gasteiger partial charge in [0.2, 0.25) is 0 Å². The van der Waals surface area contributed by atoms with Crippen LogP contribution in [0, 0.1) is 5.41 Å². The second kappa shape index (κ2) is 6.38. The molecule has 0 aromatic heterocycles. The molecule has 0 aliphatic rings. The van der Waals surface area contributed by atoms with Gasteiger partial charge in [-0.1, -0.05) is 13.0 Å². The van der Waals surface area contributed by atoms with Crippen molar-refractivity contribution in [2.24, 2.45) is 5.41 Å². The van der Waals surface area contributed by atoms with Crippen LogP contribution < -0.4 is 0 Å². The smallest absolute Gasteiger partial charge is 0.0779 e. The normalized spacial score (nSPS) is 17.9. The third kappa shape index (κ3) is 6.99. The van der Waals surface area contributed by atoms with Gasteiger partial charge in [-0.15, -0.1) is 6.58 Å². The van der Waals surface area contributed by atoms with Crippen LogP contribution in [0.3, 0.4) is 0 Å². The number of aliphatic hydroxyl groups excluding tert-OH is 2. The molecule has 0 spiro atoms. The molecular weight excluding hydrogens is 204 g/mol. The minimum atomic E-state index is -0.690. The Morgan fingerprint density at radius 1 is 1.25 bits per heavy atom. The molecule has 0 aliphatic heterocycles. The fourth-order valence-corrected chi connectivity index (χ4v) is 1.82. The van der Waals surface area contributed by atoms with Gasteiger partial charge in [0.15, 0.2) is 0 Å². The van der Waals surface area contributed by atoms with Gasteiger partial charge in [-0.2, -0.15) is 0 Å². The molecule has 16 heavy (non-hydrogen) atoms. The molecule has 0 fully saturated rings. The van der Waals surface area contributed by atoms with E-state index in [1.165, 1.54) is 0 Å². The summed E-state index contributed by atoms with van der Waals surface area (Å²) in [5.74, 6) is 0. The van der Waals surface area contributed by atoms with Crippen molar-refractivity contribution in [2.45, 2.75) is 58.2 Å². The summed E-state index contributed by atoms with van der Waals surface area (Å²) in [6.07, 6.45) is 4.12. The molecule has 0 rings (SSSR count). The standard InChI is InChI=1S/C13H26O3/c1-5-13(4,9-11(15)10-14)8-6-7-12(2,3)16/h5,11,14-16H,1,6-10H2,2-4H3/t11-,13-/m0/s1. The average molecular weight is 230 g/mol. The van der Waals surface area contributed by atoms with E-state index in [0.29, 0.717) is 6.42 Å². The van der Waals surface area contributed by atoms with Gasteiger partial charge < -0.3 is 15.3 Å². The van der Waals surface area contributed by atoms with E-state index in [1.54, 1.807) is 13.8 Å². The molecule has 0 radical (unpaired) electrons. The second-order valence-electron chi connectivity index (χ2n) is 5.56. The average Bonchev–Trinajstić information content (AvgIpc) is 2.15. The Labute approximate surface area is 98.8 Å². The van der Waals surface area contributed by atoms with E-state index in [-0.39, 0.29) is 12.0 Å². The van der Waals surface area contributed by atoms with Gasteiger partial charge in [0.1, 0.15) is 0 Å². The van der Waals surface area contributed by atoms with Crippen molar-refractivity contribution >= 4 is 0 Å². The zero-order valence-corrected chi connectivity index (χ0v) is 10.7. The van der Waals surface area contributed by atoms with E-state index in [0.717, 1.165) is 19.3 Å². The number of hydrogen-bond acceptors (Lipinski definition) is 3. The molecule has 0 aromatic carbocycles. The van der Waals surface area contributed by atoms with Gasteiger partial charge in [0.05, 0.1) is 18.3 Å². The molecule has 0 heterocycles. The van der Waals surface area contributed by atoms with E-state index in [4.69, 9.17) is 5.11 Å². The highest BCUT2D eigenvalue weighted by atomic mass is 16.3. The van der Waals surface area contributed by atoms with E-state index < -0.39 is 11.7 Å². The molecule has 3 nitrogen and oxygen atoms in total. The minimum Gasteiger partial charge on any atom is -0.394 e. The third-order valence-corrected chi connectivity index (χ3v) is 2.94. The molecule has 0 saturated heterocycles. The monoisotopic (exact) mass is 230 g/mol. The SMILES string of the molecule is C=C[C@@](C)(CCCC(C)(C)O)C[C@H](O)CO. The molecule has 2 atom stereocenters. The van der Waals surface area contributed by atoms with Crippen LogP contribution in [0.15, 0.2) is 12.7 Å². The maximum atomic E-state index is 9.60. The Hall–Kier alpha value is -0.380. The molecule has 0 amide bonds. The highest BCUT2D eigenvalue weighted by Crippen LogP contribution is 2.32. The summed E-state index contributed by atoms with van der Waals surface area (Å²) < 4.78 is 0. The van der Waals surface area contributed by atoms with Crippen molar-refractivity contribution in [3.63, 3.8) is 0 Å². The lowest BCUT2D eigenvalue weighted by atomic mass is 9.79. The summed E-state index contributed by atoms with van der Waals surface area (Å²) in [4.78, 5) is 0. The van der Waals surface area contributed by atoms with Crippen LogP contribution in [0.1, 0.15) is 46.5 Å². The molecule has 0 bridgehead atoms. The van der Waals surface area contributed by atoms with Crippen molar-refractivity contribution in [3.05, 3.63) is 12.7 Å². The highest BCUT2D eigenvalue weighted by Gasteiger charge is 2.24.